The molecule has 3 rings (SSSR count). The third kappa shape index (κ3) is 4.08. The number of non-ortho nitro benzene ring substituents is 1. The maximum absolute atomic E-state index is 13.0. The minimum atomic E-state index is -3.69. The first-order valence-electron chi connectivity index (χ1n) is 8.40. The first kappa shape index (κ1) is 19.2. The highest BCUT2D eigenvalue weighted by Gasteiger charge is 2.35. The Bertz CT molecular complexity index is 939. The lowest BCUT2D eigenvalue weighted by atomic mass is 10.1. The number of nitrogens with zero attached hydrogens (tertiary/aromatic N) is 2. The molecule has 8 heteroatoms. The Labute approximate surface area is 158 Å². The Morgan fingerprint density at radius 1 is 1.15 bits per heavy atom. The molecule has 2 atom stereocenters. The van der Waals surface area contributed by atoms with Crippen LogP contribution in [0.3, 0.4) is 0 Å². The summed E-state index contributed by atoms with van der Waals surface area (Å²) >= 11 is 0. The van der Waals surface area contributed by atoms with Gasteiger partial charge in [-0.3, -0.25) is 10.1 Å². The van der Waals surface area contributed by atoms with Gasteiger partial charge in [-0.15, -0.1) is 6.58 Å². The van der Waals surface area contributed by atoms with Gasteiger partial charge >= 0.3 is 0 Å². The van der Waals surface area contributed by atoms with Crippen molar-refractivity contribution in [2.24, 2.45) is 0 Å². The molecule has 27 heavy (non-hydrogen) atoms. The highest BCUT2D eigenvalue weighted by Crippen LogP contribution is 2.30. The number of ether oxygens (including phenoxy) is 1. The predicted molar refractivity (Wildman–Crippen MR) is 101 cm³/mol. The standard InChI is InChI=1S/C19H20N2O5S/c1-3-17-12-20(27(24,25)18-10-4-14(2)5-11-18)13-19(26-17)15-6-8-16(9-7-15)21(22)23/h3-11,17,19H,1,12-13H2,2H3/t17-,19-/m0/s1. The van der Waals surface area contributed by atoms with Crippen molar-refractivity contribution < 1.29 is 18.1 Å². The van der Waals surface area contributed by atoms with Crippen LogP contribution in [0, 0.1) is 17.0 Å². The van der Waals surface area contributed by atoms with Crippen molar-refractivity contribution in [3.05, 3.63) is 82.4 Å². The molecule has 1 saturated heterocycles. The van der Waals surface area contributed by atoms with Crippen molar-refractivity contribution in [2.45, 2.75) is 24.0 Å². The number of hydrogen-bond acceptors (Lipinski definition) is 5. The van der Waals surface area contributed by atoms with Crippen LogP contribution in [0.2, 0.25) is 0 Å². The molecule has 2 aromatic rings. The SMILES string of the molecule is C=C[C@H]1CN(S(=O)(=O)c2ccc(C)cc2)C[C@@H](c2ccc([N+](=O)[O-])cc2)O1. The van der Waals surface area contributed by atoms with Gasteiger partial charge in [0.05, 0.1) is 22.0 Å². The summed E-state index contributed by atoms with van der Waals surface area (Å²) in [6.45, 7) is 5.90. The van der Waals surface area contributed by atoms with E-state index in [2.05, 4.69) is 6.58 Å². The molecule has 0 aliphatic carbocycles. The van der Waals surface area contributed by atoms with Crippen LogP contribution >= 0.6 is 0 Å². The molecule has 0 amide bonds. The zero-order valence-corrected chi connectivity index (χ0v) is 15.6. The van der Waals surface area contributed by atoms with Crippen molar-refractivity contribution in [1.29, 1.82) is 0 Å². The number of nitro benzene ring substituents is 1. The Morgan fingerprint density at radius 3 is 2.33 bits per heavy atom. The van der Waals surface area contributed by atoms with Crippen molar-refractivity contribution in [3.63, 3.8) is 0 Å². The summed E-state index contributed by atoms with van der Waals surface area (Å²) < 4.78 is 33.3. The first-order valence-corrected chi connectivity index (χ1v) is 9.84. The molecule has 0 radical (unpaired) electrons. The van der Waals surface area contributed by atoms with E-state index >= 15 is 0 Å². The number of morpholine rings is 1. The molecule has 142 valence electrons. The van der Waals surface area contributed by atoms with E-state index in [-0.39, 0.29) is 23.7 Å². The third-order valence-corrected chi connectivity index (χ3v) is 6.34. The van der Waals surface area contributed by atoms with Gasteiger partial charge in [-0.25, -0.2) is 8.42 Å². The molecule has 1 heterocycles. The lowest BCUT2D eigenvalue weighted by Crippen LogP contribution is -2.46. The van der Waals surface area contributed by atoms with E-state index in [9.17, 15) is 18.5 Å². The zero-order valence-electron chi connectivity index (χ0n) is 14.8. The molecular weight excluding hydrogens is 368 g/mol. The van der Waals surface area contributed by atoms with Crippen LogP contribution in [0.15, 0.2) is 66.1 Å². The average molecular weight is 388 g/mol. The topological polar surface area (TPSA) is 89.8 Å². The highest BCUT2D eigenvalue weighted by atomic mass is 32.2. The fourth-order valence-electron chi connectivity index (χ4n) is 2.94. The second-order valence-electron chi connectivity index (χ2n) is 6.38. The van der Waals surface area contributed by atoms with E-state index in [4.69, 9.17) is 4.74 Å². The van der Waals surface area contributed by atoms with Crippen LogP contribution in [-0.2, 0) is 14.8 Å². The van der Waals surface area contributed by atoms with E-state index in [0.717, 1.165) is 5.56 Å². The second-order valence-corrected chi connectivity index (χ2v) is 8.32. The molecule has 2 aromatic carbocycles. The monoisotopic (exact) mass is 388 g/mol. The van der Waals surface area contributed by atoms with Gasteiger partial charge in [-0.2, -0.15) is 4.31 Å². The van der Waals surface area contributed by atoms with Crippen molar-refractivity contribution in [2.75, 3.05) is 13.1 Å². The summed E-state index contributed by atoms with van der Waals surface area (Å²) in [5.74, 6) is 0. The van der Waals surface area contributed by atoms with Crippen LogP contribution in [0.25, 0.3) is 0 Å². The van der Waals surface area contributed by atoms with E-state index < -0.39 is 27.2 Å². The third-order valence-electron chi connectivity index (χ3n) is 4.49. The summed E-state index contributed by atoms with van der Waals surface area (Å²) in [5.41, 5.74) is 1.62. The first-order chi connectivity index (χ1) is 12.8. The fraction of sp³-hybridized carbons (Fsp3) is 0.263. The number of sulfonamides is 1. The van der Waals surface area contributed by atoms with Gasteiger partial charge in [-0.1, -0.05) is 23.8 Å². The van der Waals surface area contributed by atoms with Gasteiger partial charge in [0.25, 0.3) is 5.69 Å². The Morgan fingerprint density at radius 2 is 1.78 bits per heavy atom. The molecule has 0 unspecified atom stereocenters. The van der Waals surface area contributed by atoms with Crippen molar-refractivity contribution in [1.82, 2.24) is 4.31 Å². The van der Waals surface area contributed by atoms with E-state index in [1.807, 2.05) is 6.92 Å². The van der Waals surface area contributed by atoms with E-state index in [1.54, 1.807) is 42.5 Å². The molecule has 0 saturated carbocycles. The van der Waals surface area contributed by atoms with Crippen LogP contribution in [0.5, 0.6) is 0 Å². The maximum Gasteiger partial charge on any atom is 0.269 e. The summed E-state index contributed by atoms with van der Waals surface area (Å²) in [7, 11) is -3.69. The van der Waals surface area contributed by atoms with Gasteiger partial charge in [0.2, 0.25) is 10.0 Å². The normalized spacial score (nSPS) is 20.9. The number of hydrogen-bond donors (Lipinski definition) is 0. The molecule has 1 fully saturated rings. The largest absolute Gasteiger partial charge is 0.363 e. The van der Waals surface area contributed by atoms with Gasteiger partial charge < -0.3 is 4.74 Å². The minimum Gasteiger partial charge on any atom is -0.363 e. The van der Waals surface area contributed by atoms with Crippen LogP contribution < -0.4 is 0 Å². The lowest BCUT2D eigenvalue weighted by Gasteiger charge is -2.36. The predicted octanol–water partition coefficient (Wildman–Crippen LogP) is 3.22. The molecular formula is C19H20N2O5S. The van der Waals surface area contributed by atoms with Crippen LogP contribution in [0.4, 0.5) is 5.69 Å². The molecule has 1 aliphatic rings. The average Bonchev–Trinajstić information content (AvgIpc) is 2.68. The van der Waals surface area contributed by atoms with Gasteiger partial charge in [-0.05, 0) is 36.8 Å². The molecule has 0 spiro atoms. The number of nitro groups is 1. The van der Waals surface area contributed by atoms with Crippen LogP contribution in [-0.4, -0.2) is 36.8 Å². The fourth-order valence-corrected chi connectivity index (χ4v) is 4.39. The highest BCUT2D eigenvalue weighted by molar-refractivity contribution is 7.89. The number of aryl methyl sites for hydroxylation is 1. The molecule has 0 bridgehead atoms. The quantitative estimate of drug-likeness (QED) is 0.446. The Kier molecular flexibility index (Phi) is 5.41. The van der Waals surface area contributed by atoms with E-state index in [1.165, 1.54) is 16.4 Å². The summed E-state index contributed by atoms with van der Waals surface area (Å²) in [5, 5.41) is 10.8. The number of benzene rings is 2. The van der Waals surface area contributed by atoms with Crippen molar-refractivity contribution in [3.8, 4) is 0 Å². The summed E-state index contributed by atoms with van der Waals surface area (Å²) in [6, 6.07) is 12.6. The second kappa shape index (κ2) is 7.59. The molecule has 0 N–H and O–H groups in total. The van der Waals surface area contributed by atoms with Crippen molar-refractivity contribution >= 4 is 15.7 Å². The van der Waals surface area contributed by atoms with Gasteiger partial charge in [0.1, 0.15) is 0 Å². The van der Waals surface area contributed by atoms with E-state index in [0.29, 0.717) is 5.56 Å². The summed E-state index contributed by atoms with van der Waals surface area (Å²) in [4.78, 5) is 10.6. The summed E-state index contributed by atoms with van der Waals surface area (Å²) in [6.07, 6.45) is 0.553. The van der Waals surface area contributed by atoms with Gasteiger partial charge in [0, 0.05) is 25.2 Å². The molecule has 1 aliphatic heterocycles. The van der Waals surface area contributed by atoms with Crippen LogP contribution in [0.1, 0.15) is 17.2 Å². The molecule has 7 nitrogen and oxygen atoms in total. The smallest absolute Gasteiger partial charge is 0.269 e. The molecule has 0 aromatic heterocycles. The zero-order chi connectivity index (χ0) is 19.6. The van der Waals surface area contributed by atoms with Gasteiger partial charge in [0.15, 0.2) is 0 Å². The Hall–Kier alpha value is -2.55. The Balaban J connectivity index is 1.89. The maximum atomic E-state index is 13.0. The minimum absolute atomic E-state index is 0.0287. The number of rotatable bonds is 5. The lowest BCUT2D eigenvalue weighted by molar-refractivity contribution is -0.384.